The van der Waals surface area contributed by atoms with Crippen LogP contribution in [-0.4, -0.2) is 64.9 Å². The van der Waals surface area contributed by atoms with E-state index in [9.17, 15) is 24.3 Å². The second-order valence-corrected chi connectivity index (χ2v) is 7.55. The first-order valence-electron chi connectivity index (χ1n) is 10.0. The number of rotatable bonds is 9. The summed E-state index contributed by atoms with van der Waals surface area (Å²) < 4.78 is 0. The summed E-state index contributed by atoms with van der Waals surface area (Å²) >= 11 is 0. The fraction of sp³-hybridized carbons (Fsp3) is 0.286. The van der Waals surface area contributed by atoms with E-state index in [1.54, 1.807) is 30.3 Å². The summed E-state index contributed by atoms with van der Waals surface area (Å²) in [4.78, 5) is 55.2. The summed E-state index contributed by atoms with van der Waals surface area (Å²) in [6.45, 7) is 0.853. The molecular formula is C21H24N6O6. The number of carbonyl (C=O) groups excluding carboxylic acids is 1. The van der Waals surface area contributed by atoms with E-state index in [0.717, 1.165) is 11.4 Å². The minimum absolute atomic E-state index is 0.216. The van der Waals surface area contributed by atoms with Gasteiger partial charge in [0.1, 0.15) is 11.9 Å². The zero-order valence-electron chi connectivity index (χ0n) is 17.8. The van der Waals surface area contributed by atoms with Gasteiger partial charge in [-0.25, -0.2) is 9.79 Å². The maximum atomic E-state index is 12.4. The number of nitrogens with one attached hydrogen (secondary N) is 3. The van der Waals surface area contributed by atoms with E-state index in [0.29, 0.717) is 18.8 Å². The van der Waals surface area contributed by atoms with Crippen molar-refractivity contribution in [2.45, 2.75) is 18.9 Å². The molecular weight excluding hydrogens is 432 g/mol. The zero-order valence-corrected chi connectivity index (χ0v) is 17.8. The number of aliphatic imine (C=N–C) groups is 1. The van der Waals surface area contributed by atoms with E-state index >= 15 is 0 Å². The molecule has 0 aliphatic carbocycles. The highest BCUT2D eigenvalue weighted by Crippen LogP contribution is 2.25. The Hall–Kier alpha value is -4.35. The van der Waals surface area contributed by atoms with E-state index in [-0.39, 0.29) is 35.5 Å². The molecule has 2 heterocycles. The molecule has 0 saturated carbocycles. The van der Waals surface area contributed by atoms with Crippen LogP contribution in [0.2, 0.25) is 0 Å². The van der Waals surface area contributed by atoms with Crippen LogP contribution in [0.5, 0.6) is 0 Å². The quantitative estimate of drug-likeness (QED) is 0.314. The predicted molar refractivity (Wildman–Crippen MR) is 123 cm³/mol. The Kier molecular flexibility index (Phi) is 6.96. The van der Waals surface area contributed by atoms with Gasteiger partial charge >= 0.3 is 11.9 Å². The maximum Gasteiger partial charge on any atom is 0.326 e. The fourth-order valence-corrected chi connectivity index (χ4v) is 3.30. The van der Waals surface area contributed by atoms with Crippen LogP contribution in [0.4, 0.5) is 22.9 Å². The van der Waals surface area contributed by atoms with Crippen LogP contribution in [0.25, 0.3) is 0 Å². The molecule has 1 unspecified atom stereocenters. The summed E-state index contributed by atoms with van der Waals surface area (Å²) in [6.07, 6.45) is -0.588. The van der Waals surface area contributed by atoms with Crippen molar-refractivity contribution in [2.24, 2.45) is 4.99 Å². The number of hydrogen-bond acceptors (Lipinski definition) is 8. The van der Waals surface area contributed by atoms with E-state index in [4.69, 9.17) is 10.8 Å². The first-order chi connectivity index (χ1) is 15.6. The number of anilines is 3. The monoisotopic (exact) mass is 456 g/mol. The molecule has 3 rings (SSSR count). The van der Waals surface area contributed by atoms with Gasteiger partial charge in [0.15, 0.2) is 5.69 Å². The molecule has 174 valence electrons. The lowest BCUT2D eigenvalue weighted by molar-refractivity contribution is -0.140. The fourth-order valence-electron chi connectivity index (χ4n) is 3.30. The lowest BCUT2D eigenvalue weighted by Gasteiger charge is -2.24. The molecule has 7 N–H and O–H groups in total. The number of aromatic amines is 1. The van der Waals surface area contributed by atoms with Gasteiger partial charge in [-0.1, -0.05) is 0 Å². The van der Waals surface area contributed by atoms with Crippen molar-refractivity contribution < 1.29 is 24.6 Å². The number of aromatic nitrogens is 1. The van der Waals surface area contributed by atoms with Gasteiger partial charge in [-0.15, -0.1) is 0 Å². The Morgan fingerprint density at radius 2 is 1.94 bits per heavy atom. The number of hydrogen-bond donors (Lipinski definition) is 6. The molecule has 0 saturated heterocycles. The molecule has 12 nitrogen and oxygen atoms in total. The SMILES string of the molecule is CN(CC1=Nc2c(cc(N)[nH]c2=O)NC1)c1ccc(C(=O)NC(CCC(=O)O)C(=O)O)cc1. The van der Waals surface area contributed by atoms with Crippen molar-refractivity contribution >= 4 is 46.4 Å². The van der Waals surface area contributed by atoms with Crippen LogP contribution in [-0.2, 0) is 9.59 Å². The summed E-state index contributed by atoms with van der Waals surface area (Å²) in [5.74, 6) is -2.80. The van der Waals surface area contributed by atoms with Gasteiger partial charge in [0, 0.05) is 30.8 Å². The Morgan fingerprint density at radius 3 is 2.58 bits per heavy atom. The smallest absolute Gasteiger partial charge is 0.326 e. The highest BCUT2D eigenvalue weighted by atomic mass is 16.4. The second-order valence-electron chi connectivity index (χ2n) is 7.55. The van der Waals surface area contributed by atoms with E-state index in [1.807, 2.05) is 11.9 Å². The van der Waals surface area contributed by atoms with Crippen LogP contribution in [0.15, 0.2) is 40.1 Å². The third-order valence-electron chi connectivity index (χ3n) is 5.02. The van der Waals surface area contributed by atoms with Gasteiger partial charge in [-0.05, 0) is 30.7 Å². The lowest BCUT2D eigenvalue weighted by Crippen LogP contribution is -2.41. The molecule has 0 radical (unpaired) electrons. The molecule has 0 bridgehead atoms. The van der Waals surface area contributed by atoms with Crippen molar-refractivity contribution in [1.29, 1.82) is 0 Å². The third kappa shape index (κ3) is 5.87. The molecule has 12 heteroatoms. The Balaban J connectivity index is 1.65. The number of H-pyrrole nitrogens is 1. The second kappa shape index (κ2) is 9.85. The number of nitrogen functional groups attached to an aromatic ring is 1. The van der Waals surface area contributed by atoms with Gasteiger partial charge in [0.05, 0.1) is 24.5 Å². The topological polar surface area (TPSA) is 190 Å². The number of fused-ring (bicyclic) bond motifs is 1. The summed E-state index contributed by atoms with van der Waals surface area (Å²) in [5.41, 5.74) is 7.84. The van der Waals surface area contributed by atoms with Crippen LogP contribution < -0.4 is 26.8 Å². The highest BCUT2D eigenvalue weighted by Gasteiger charge is 2.22. The number of nitrogens with zero attached hydrogens (tertiary/aromatic N) is 2. The third-order valence-corrected chi connectivity index (χ3v) is 5.02. The van der Waals surface area contributed by atoms with E-state index in [2.05, 4.69) is 20.6 Å². The average molecular weight is 456 g/mol. The summed E-state index contributed by atoms with van der Waals surface area (Å²) in [5, 5.41) is 23.4. The van der Waals surface area contributed by atoms with Gasteiger partial charge in [-0.2, -0.15) is 0 Å². The molecule has 1 aromatic heterocycles. The Labute approximate surface area is 188 Å². The van der Waals surface area contributed by atoms with Crippen molar-refractivity contribution in [3.63, 3.8) is 0 Å². The molecule has 0 spiro atoms. The molecule has 1 aliphatic rings. The van der Waals surface area contributed by atoms with Crippen LogP contribution >= 0.6 is 0 Å². The number of carboxylic acid groups (broad SMARTS) is 2. The Bertz CT molecular complexity index is 1160. The molecule has 1 aliphatic heterocycles. The lowest BCUT2D eigenvalue weighted by atomic mass is 10.1. The minimum Gasteiger partial charge on any atom is -0.481 e. The highest BCUT2D eigenvalue weighted by molar-refractivity contribution is 5.99. The number of aliphatic carboxylic acids is 2. The van der Waals surface area contributed by atoms with Crippen molar-refractivity contribution in [2.75, 3.05) is 36.1 Å². The summed E-state index contributed by atoms with van der Waals surface area (Å²) in [7, 11) is 1.83. The number of carboxylic acids is 2. The molecule has 0 fully saturated rings. The zero-order chi connectivity index (χ0) is 24.1. The van der Waals surface area contributed by atoms with Crippen molar-refractivity contribution in [3.05, 3.63) is 46.2 Å². The van der Waals surface area contributed by atoms with Crippen LogP contribution in [0, 0.1) is 0 Å². The molecule has 1 aromatic carbocycles. The van der Waals surface area contributed by atoms with E-state index < -0.39 is 23.9 Å². The van der Waals surface area contributed by atoms with Gasteiger partial charge in [-0.3, -0.25) is 14.4 Å². The number of carbonyl (C=O) groups is 3. The largest absolute Gasteiger partial charge is 0.481 e. The van der Waals surface area contributed by atoms with Crippen molar-refractivity contribution in [1.82, 2.24) is 10.3 Å². The number of amides is 1. The van der Waals surface area contributed by atoms with Gasteiger partial charge < -0.3 is 36.5 Å². The van der Waals surface area contributed by atoms with Crippen molar-refractivity contribution in [3.8, 4) is 0 Å². The molecule has 2 aromatic rings. The molecule has 33 heavy (non-hydrogen) atoms. The first kappa shape index (κ1) is 23.3. The number of nitrogens with two attached hydrogens (primary N) is 1. The Morgan fingerprint density at radius 1 is 1.24 bits per heavy atom. The predicted octanol–water partition coefficient (Wildman–Crippen LogP) is 0.639. The summed E-state index contributed by atoms with van der Waals surface area (Å²) in [6, 6.07) is 6.79. The minimum atomic E-state index is -1.30. The number of benzene rings is 1. The number of pyridine rings is 1. The standard InChI is InChI=1S/C21H24N6O6/c1-27(10-12-9-23-15-8-16(22)26-20(31)18(15)24-12)13-4-2-11(3-5-13)19(30)25-14(21(32)33)6-7-17(28)29/h2-5,8,14,23H,6-7,9-10H2,1H3,(H,25,30)(H,28,29)(H,32,33)(H3,22,26,31). The van der Waals surface area contributed by atoms with Gasteiger partial charge in [0.2, 0.25) is 0 Å². The maximum absolute atomic E-state index is 12.4. The normalized spacial score (nSPS) is 13.2. The van der Waals surface area contributed by atoms with Crippen LogP contribution in [0.3, 0.4) is 0 Å². The molecule has 1 atom stereocenters. The average Bonchev–Trinajstić information content (AvgIpc) is 2.76. The van der Waals surface area contributed by atoms with E-state index in [1.165, 1.54) is 0 Å². The first-order valence-corrected chi connectivity index (χ1v) is 10.0. The van der Waals surface area contributed by atoms with Gasteiger partial charge in [0.25, 0.3) is 11.5 Å². The molecule has 1 amide bonds. The van der Waals surface area contributed by atoms with Crippen LogP contribution in [0.1, 0.15) is 23.2 Å².